The molecule has 1 heterocycles. The first-order valence-electron chi connectivity index (χ1n) is 10.4. The van der Waals surface area contributed by atoms with E-state index in [1.54, 1.807) is 52.0 Å². The van der Waals surface area contributed by atoms with E-state index in [-0.39, 0.29) is 27.2 Å². The Morgan fingerprint density at radius 3 is 2.38 bits per heavy atom. The molecule has 1 amide bonds. The van der Waals surface area contributed by atoms with Crippen LogP contribution < -0.4 is 10.1 Å². The molecule has 0 saturated carbocycles. The van der Waals surface area contributed by atoms with Gasteiger partial charge in [-0.1, -0.05) is 35.3 Å². The molecule has 178 valence electrons. The standard InChI is InChI=1S/C25H23Cl2FN2O4/c1-14(15-5-7-16(8-6-15)24(32)34-25(2,3)4)30-22(31)19-11-17(26)13-29-23(19)33-21-12-18(28)9-10-20(21)27/h5-14H,1-4H3,(H,30,31)/t14-/m0/s1. The van der Waals surface area contributed by atoms with Crippen molar-refractivity contribution in [1.82, 2.24) is 10.3 Å². The quantitative estimate of drug-likeness (QED) is 0.375. The van der Waals surface area contributed by atoms with Crippen LogP contribution in [-0.2, 0) is 4.74 Å². The van der Waals surface area contributed by atoms with Crippen LogP contribution in [0.3, 0.4) is 0 Å². The Balaban J connectivity index is 1.77. The Morgan fingerprint density at radius 2 is 1.74 bits per heavy atom. The zero-order chi connectivity index (χ0) is 25.0. The zero-order valence-corrected chi connectivity index (χ0v) is 20.5. The van der Waals surface area contributed by atoms with Crippen LogP contribution in [-0.4, -0.2) is 22.5 Å². The highest BCUT2D eigenvalue weighted by Crippen LogP contribution is 2.32. The summed E-state index contributed by atoms with van der Waals surface area (Å²) in [6, 6.07) is 11.3. The van der Waals surface area contributed by atoms with Gasteiger partial charge in [-0.15, -0.1) is 0 Å². The van der Waals surface area contributed by atoms with Crippen LogP contribution in [0.5, 0.6) is 11.6 Å². The number of benzene rings is 2. The molecule has 2 aromatic carbocycles. The average Bonchev–Trinajstić information content (AvgIpc) is 2.76. The fourth-order valence-corrected chi connectivity index (χ4v) is 3.25. The predicted molar refractivity (Wildman–Crippen MR) is 128 cm³/mol. The van der Waals surface area contributed by atoms with E-state index in [1.165, 1.54) is 24.4 Å². The maximum atomic E-state index is 13.6. The van der Waals surface area contributed by atoms with Crippen molar-refractivity contribution in [3.63, 3.8) is 0 Å². The lowest BCUT2D eigenvalue weighted by atomic mass is 10.1. The van der Waals surface area contributed by atoms with Crippen LogP contribution >= 0.6 is 23.2 Å². The van der Waals surface area contributed by atoms with E-state index in [0.29, 0.717) is 5.56 Å². The molecule has 0 aliphatic carbocycles. The Labute approximate surface area is 207 Å². The number of nitrogens with one attached hydrogen (secondary N) is 1. The van der Waals surface area contributed by atoms with E-state index in [2.05, 4.69) is 10.3 Å². The molecule has 3 aromatic rings. The molecule has 0 radical (unpaired) electrons. The molecular weight excluding hydrogens is 482 g/mol. The second-order valence-corrected chi connectivity index (χ2v) is 9.35. The Morgan fingerprint density at radius 1 is 1.06 bits per heavy atom. The van der Waals surface area contributed by atoms with Crippen molar-refractivity contribution < 1.29 is 23.5 Å². The molecule has 0 aliphatic rings. The van der Waals surface area contributed by atoms with Crippen molar-refractivity contribution in [2.75, 3.05) is 0 Å². The average molecular weight is 505 g/mol. The van der Waals surface area contributed by atoms with E-state index < -0.39 is 29.3 Å². The second kappa shape index (κ2) is 10.4. The van der Waals surface area contributed by atoms with Crippen LogP contribution in [0.4, 0.5) is 4.39 Å². The van der Waals surface area contributed by atoms with E-state index >= 15 is 0 Å². The minimum absolute atomic E-state index is 0.0105. The molecule has 1 N–H and O–H groups in total. The summed E-state index contributed by atoms with van der Waals surface area (Å²) in [4.78, 5) is 29.3. The number of hydrogen-bond acceptors (Lipinski definition) is 5. The van der Waals surface area contributed by atoms with Gasteiger partial charge in [0, 0.05) is 12.3 Å². The summed E-state index contributed by atoms with van der Waals surface area (Å²) in [5, 5.41) is 3.21. The molecule has 0 aliphatic heterocycles. The van der Waals surface area contributed by atoms with Gasteiger partial charge in [0.1, 0.15) is 17.0 Å². The number of amides is 1. The van der Waals surface area contributed by atoms with Gasteiger partial charge in [0.05, 0.1) is 21.7 Å². The van der Waals surface area contributed by atoms with E-state index in [1.807, 2.05) is 0 Å². The highest BCUT2D eigenvalue weighted by molar-refractivity contribution is 6.32. The molecule has 0 fully saturated rings. The van der Waals surface area contributed by atoms with Crippen molar-refractivity contribution in [3.8, 4) is 11.6 Å². The first-order chi connectivity index (χ1) is 15.9. The number of halogens is 3. The maximum Gasteiger partial charge on any atom is 0.338 e. The minimum atomic E-state index is -0.600. The summed E-state index contributed by atoms with van der Waals surface area (Å²) in [7, 11) is 0. The Hall–Kier alpha value is -3.16. The summed E-state index contributed by atoms with van der Waals surface area (Å²) < 4.78 is 24.6. The SMILES string of the molecule is C[C@H](NC(=O)c1cc(Cl)cnc1Oc1cc(F)ccc1Cl)c1ccc(C(=O)OC(C)(C)C)cc1. The topological polar surface area (TPSA) is 77.5 Å². The summed E-state index contributed by atoms with van der Waals surface area (Å²) in [6.45, 7) is 7.16. The second-order valence-electron chi connectivity index (χ2n) is 8.50. The number of esters is 1. The van der Waals surface area contributed by atoms with Crippen LogP contribution in [0.15, 0.2) is 54.7 Å². The molecular formula is C25H23Cl2FN2O4. The molecule has 0 bridgehead atoms. The van der Waals surface area contributed by atoms with Crippen LogP contribution in [0.2, 0.25) is 10.0 Å². The highest BCUT2D eigenvalue weighted by atomic mass is 35.5. The van der Waals surface area contributed by atoms with Gasteiger partial charge in [0.15, 0.2) is 5.75 Å². The fraction of sp³-hybridized carbons (Fsp3) is 0.240. The first kappa shape index (κ1) is 25.5. The predicted octanol–water partition coefficient (Wildman–Crippen LogP) is 6.77. The maximum absolute atomic E-state index is 13.6. The summed E-state index contributed by atoms with van der Waals surface area (Å²) in [6.07, 6.45) is 1.31. The summed E-state index contributed by atoms with van der Waals surface area (Å²) in [5.74, 6) is -1.57. The number of aromatic nitrogens is 1. The molecule has 0 unspecified atom stereocenters. The molecule has 9 heteroatoms. The lowest BCUT2D eigenvalue weighted by Crippen LogP contribution is -2.27. The van der Waals surface area contributed by atoms with E-state index in [0.717, 1.165) is 11.6 Å². The van der Waals surface area contributed by atoms with Gasteiger partial charge in [0.25, 0.3) is 5.91 Å². The van der Waals surface area contributed by atoms with Gasteiger partial charge >= 0.3 is 5.97 Å². The van der Waals surface area contributed by atoms with E-state index in [9.17, 15) is 14.0 Å². The van der Waals surface area contributed by atoms with Gasteiger partial charge in [-0.3, -0.25) is 4.79 Å². The van der Waals surface area contributed by atoms with Crippen LogP contribution in [0.1, 0.15) is 60.0 Å². The zero-order valence-electron chi connectivity index (χ0n) is 19.0. The first-order valence-corrected chi connectivity index (χ1v) is 11.1. The molecule has 1 atom stereocenters. The lowest BCUT2D eigenvalue weighted by Gasteiger charge is -2.20. The van der Waals surface area contributed by atoms with Crippen molar-refractivity contribution in [1.29, 1.82) is 0 Å². The molecule has 0 spiro atoms. The fourth-order valence-electron chi connectivity index (χ4n) is 2.93. The van der Waals surface area contributed by atoms with Crippen LogP contribution in [0, 0.1) is 5.82 Å². The largest absolute Gasteiger partial charge is 0.456 e. The number of ether oxygens (including phenoxy) is 2. The number of carbonyl (C=O) groups excluding carboxylic acids is 2. The normalized spacial score (nSPS) is 12.1. The smallest absolute Gasteiger partial charge is 0.338 e. The van der Waals surface area contributed by atoms with Gasteiger partial charge in [-0.2, -0.15) is 0 Å². The molecule has 34 heavy (non-hydrogen) atoms. The third kappa shape index (κ3) is 6.68. The third-order valence-electron chi connectivity index (χ3n) is 4.56. The molecule has 3 rings (SSSR count). The summed E-state index contributed by atoms with van der Waals surface area (Å²) in [5.41, 5.74) is 0.604. The number of pyridine rings is 1. The number of rotatable bonds is 6. The minimum Gasteiger partial charge on any atom is -0.456 e. The van der Waals surface area contributed by atoms with Crippen molar-refractivity contribution >= 4 is 35.1 Å². The lowest BCUT2D eigenvalue weighted by molar-refractivity contribution is 0.00693. The van der Waals surface area contributed by atoms with Gasteiger partial charge in [0.2, 0.25) is 5.88 Å². The molecule has 1 aromatic heterocycles. The Bertz CT molecular complexity index is 1210. The van der Waals surface area contributed by atoms with Crippen molar-refractivity contribution in [3.05, 3.63) is 87.3 Å². The van der Waals surface area contributed by atoms with Crippen LogP contribution in [0.25, 0.3) is 0 Å². The highest BCUT2D eigenvalue weighted by Gasteiger charge is 2.21. The molecule has 0 saturated heterocycles. The molecule has 6 nitrogen and oxygen atoms in total. The van der Waals surface area contributed by atoms with Crippen molar-refractivity contribution in [2.24, 2.45) is 0 Å². The van der Waals surface area contributed by atoms with Gasteiger partial charge < -0.3 is 14.8 Å². The third-order valence-corrected chi connectivity index (χ3v) is 5.07. The number of hydrogen-bond donors (Lipinski definition) is 1. The van der Waals surface area contributed by atoms with Gasteiger partial charge in [-0.05, 0) is 63.6 Å². The van der Waals surface area contributed by atoms with Gasteiger partial charge in [-0.25, -0.2) is 14.2 Å². The Kier molecular flexibility index (Phi) is 7.79. The summed E-state index contributed by atoms with van der Waals surface area (Å²) >= 11 is 12.1. The number of carbonyl (C=O) groups is 2. The monoisotopic (exact) mass is 504 g/mol. The number of nitrogens with zero attached hydrogens (tertiary/aromatic N) is 1. The van der Waals surface area contributed by atoms with Crippen molar-refractivity contribution in [2.45, 2.75) is 39.3 Å². The van der Waals surface area contributed by atoms with E-state index in [4.69, 9.17) is 32.7 Å².